The Kier molecular flexibility index (Phi) is 3.46. The van der Waals surface area contributed by atoms with E-state index in [2.05, 4.69) is 15.1 Å². The summed E-state index contributed by atoms with van der Waals surface area (Å²) >= 11 is 5.96. The second-order valence-corrected chi connectivity index (χ2v) is 5.96. The molecule has 0 aliphatic rings. The summed E-state index contributed by atoms with van der Waals surface area (Å²) in [6, 6.07) is 13.1. The zero-order valence-corrected chi connectivity index (χ0v) is 13.9. The summed E-state index contributed by atoms with van der Waals surface area (Å²) in [6.07, 6.45) is 1.61. The molecule has 1 aromatic carbocycles. The van der Waals surface area contributed by atoms with Crippen LogP contribution in [-0.2, 0) is 0 Å². The van der Waals surface area contributed by atoms with E-state index in [0.717, 1.165) is 11.3 Å². The minimum atomic E-state index is 0.594. The molecule has 7 heteroatoms. The van der Waals surface area contributed by atoms with Gasteiger partial charge in [-0.3, -0.25) is 0 Å². The maximum absolute atomic E-state index is 5.96. The fourth-order valence-electron chi connectivity index (χ4n) is 2.40. The Balaban J connectivity index is 1.94. The number of rotatable bonds is 3. The first-order valence-electron chi connectivity index (χ1n) is 7.37. The SMILES string of the molecule is CN(C)c1nc(-c2ccco2)n2nc(-c3ccc(Cl)cc3)cc2n1. The highest BCUT2D eigenvalue weighted by atomic mass is 35.5. The maximum atomic E-state index is 5.96. The number of aromatic nitrogens is 4. The number of fused-ring (bicyclic) bond motifs is 1. The van der Waals surface area contributed by atoms with Crippen molar-refractivity contribution < 1.29 is 4.42 Å². The van der Waals surface area contributed by atoms with E-state index in [9.17, 15) is 0 Å². The molecule has 0 unspecified atom stereocenters. The van der Waals surface area contributed by atoms with Gasteiger partial charge in [0, 0.05) is 30.7 Å². The normalized spacial score (nSPS) is 11.1. The first-order chi connectivity index (χ1) is 11.6. The third-order valence-corrected chi connectivity index (χ3v) is 3.85. The molecule has 120 valence electrons. The van der Waals surface area contributed by atoms with Gasteiger partial charge in [-0.2, -0.15) is 19.6 Å². The van der Waals surface area contributed by atoms with Crippen molar-refractivity contribution in [2.45, 2.75) is 0 Å². The van der Waals surface area contributed by atoms with Crippen molar-refractivity contribution in [2.24, 2.45) is 0 Å². The molecule has 4 rings (SSSR count). The fraction of sp³-hybridized carbons (Fsp3) is 0.118. The Bertz CT molecular complexity index is 990. The molecular formula is C17H14ClN5O. The van der Waals surface area contributed by atoms with E-state index in [1.807, 2.05) is 61.5 Å². The molecule has 0 fully saturated rings. The summed E-state index contributed by atoms with van der Waals surface area (Å²) in [6.45, 7) is 0. The van der Waals surface area contributed by atoms with Crippen LogP contribution in [0.2, 0.25) is 5.02 Å². The van der Waals surface area contributed by atoms with Crippen LogP contribution in [0.4, 0.5) is 5.95 Å². The maximum Gasteiger partial charge on any atom is 0.229 e. The van der Waals surface area contributed by atoms with Gasteiger partial charge < -0.3 is 9.32 Å². The van der Waals surface area contributed by atoms with Crippen molar-refractivity contribution >= 4 is 23.2 Å². The van der Waals surface area contributed by atoms with Crippen LogP contribution in [0.5, 0.6) is 0 Å². The fourth-order valence-corrected chi connectivity index (χ4v) is 2.53. The minimum Gasteiger partial charge on any atom is -0.461 e. The lowest BCUT2D eigenvalue weighted by Crippen LogP contribution is -2.14. The molecule has 3 heterocycles. The monoisotopic (exact) mass is 339 g/mol. The van der Waals surface area contributed by atoms with Gasteiger partial charge in [0.15, 0.2) is 11.4 Å². The van der Waals surface area contributed by atoms with Crippen LogP contribution in [0.3, 0.4) is 0 Å². The first-order valence-corrected chi connectivity index (χ1v) is 7.74. The molecule has 0 radical (unpaired) electrons. The van der Waals surface area contributed by atoms with E-state index in [1.165, 1.54) is 0 Å². The third-order valence-electron chi connectivity index (χ3n) is 3.59. The number of hydrogen-bond donors (Lipinski definition) is 0. The lowest BCUT2D eigenvalue weighted by Gasteiger charge is -2.11. The Morgan fingerprint density at radius 1 is 1.08 bits per heavy atom. The predicted molar refractivity (Wildman–Crippen MR) is 93.3 cm³/mol. The smallest absolute Gasteiger partial charge is 0.229 e. The van der Waals surface area contributed by atoms with Crippen molar-refractivity contribution in [1.82, 2.24) is 19.6 Å². The third kappa shape index (κ3) is 2.51. The standard InChI is InChI=1S/C17H14ClN5O/c1-22(2)17-19-15-10-13(11-5-7-12(18)8-6-11)21-23(15)16(20-17)14-4-3-9-24-14/h3-10H,1-2H3. The summed E-state index contributed by atoms with van der Waals surface area (Å²) in [7, 11) is 3.79. The van der Waals surface area contributed by atoms with Gasteiger partial charge in [0.2, 0.25) is 11.8 Å². The number of furan rings is 1. The van der Waals surface area contributed by atoms with E-state index in [1.54, 1.807) is 10.8 Å². The summed E-state index contributed by atoms with van der Waals surface area (Å²) in [5, 5.41) is 5.33. The van der Waals surface area contributed by atoms with Gasteiger partial charge >= 0.3 is 0 Å². The first kappa shape index (κ1) is 14.7. The number of nitrogens with zero attached hydrogens (tertiary/aromatic N) is 5. The van der Waals surface area contributed by atoms with Crippen molar-refractivity contribution in [2.75, 3.05) is 19.0 Å². The second kappa shape index (κ2) is 5.65. The van der Waals surface area contributed by atoms with Crippen LogP contribution in [-0.4, -0.2) is 33.7 Å². The van der Waals surface area contributed by atoms with Crippen molar-refractivity contribution in [3.8, 4) is 22.8 Å². The lowest BCUT2D eigenvalue weighted by atomic mass is 10.2. The molecule has 0 spiro atoms. The number of benzene rings is 1. The summed E-state index contributed by atoms with van der Waals surface area (Å²) in [5.41, 5.74) is 2.46. The Labute approximate surface area is 143 Å². The van der Waals surface area contributed by atoms with Crippen LogP contribution in [0.15, 0.2) is 53.1 Å². The highest BCUT2D eigenvalue weighted by Crippen LogP contribution is 2.25. The van der Waals surface area contributed by atoms with E-state index < -0.39 is 0 Å². The molecule has 0 atom stereocenters. The van der Waals surface area contributed by atoms with Gasteiger partial charge in [0.25, 0.3) is 0 Å². The van der Waals surface area contributed by atoms with Crippen LogP contribution in [0, 0.1) is 0 Å². The number of anilines is 1. The molecule has 0 N–H and O–H groups in total. The van der Waals surface area contributed by atoms with E-state index in [0.29, 0.717) is 28.2 Å². The molecule has 24 heavy (non-hydrogen) atoms. The number of halogens is 1. The van der Waals surface area contributed by atoms with E-state index in [-0.39, 0.29) is 0 Å². The highest BCUT2D eigenvalue weighted by Gasteiger charge is 2.16. The molecule has 0 saturated carbocycles. The summed E-state index contributed by atoms with van der Waals surface area (Å²) in [4.78, 5) is 11.0. The van der Waals surface area contributed by atoms with Gasteiger partial charge in [-0.1, -0.05) is 23.7 Å². The van der Waals surface area contributed by atoms with Gasteiger partial charge in [-0.25, -0.2) is 0 Å². The molecule has 0 amide bonds. The zero-order chi connectivity index (χ0) is 16.7. The molecule has 0 bridgehead atoms. The highest BCUT2D eigenvalue weighted by molar-refractivity contribution is 6.30. The summed E-state index contributed by atoms with van der Waals surface area (Å²) in [5.74, 6) is 1.83. The predicted octanol–water partition coefficient (Wildman–Crippen LogP) is 3.77. The van der Waals surface area contributed by atoms with Crippen LogP contribution < -0.4 is 4.90 Å². The molecule has 4 aromatic rings. The van der Waals surface area contributed by atoms with Gasteiger partial charge in [0.05, 0.1) is 12.0 Å². The second-order valence-electron chi connectivity index (χ2n) is 5.53. The molecule has 3 aromatic heterocycles. The van der Waals surface area contributed by atoms with Crippen molar-refractivity contribution in [1.29, 1.82) is 0 Å². The summed E-state index contributed by atoms with van der Waals surface area (Å²) < 4.78 is 7.20. The molecular weight excluding hydrogens is 326 g/mol. The topological polar surface area (TPSA) is 59.5 Å². The number of hydrogen-bond acceptors (Lipinski definition) is 5. The average Bonchev–Trinajstić information content (AvgIpc) is 3.24. The minimum absolute atomic E-state index is 0.594. The van der Waals surface area contributed by atoms with Gasteiger partial charge in [0.1, 0.15) is 0 Å². The van der Waals surface area contributed by atoms with E-state index >= 15 is 0 Å². The quantitative estimate of drug-likeness (QED) is 0.568. The van der Waals surface area contributed by atoms with Crippen molar-refractivity contribution in [3.05, 3.63) is 53.8 Å². The van der Waals surface area contributed by atoms with Gasteiger partial charge in [-0.15, -0.1) is 0 Å². The zero-order valence-electron chi connectivity index (χ0n) is 13.1. The molecule has 0 aliphatic carbocycles. The van der Waals surface area contributed by atoms with Crippen LogP contribution in [0.25, 0.3) is 28.5 Å². The van der Waals surface area contributed by atoms with E-state index in [4.69, 9.17) is 16.0 Å². The Hall–Kier alpha value is -2.86. The lowest BCUT2D eigenvalue weighted by molar-refractivity contribution is 0.573. The Morgan fingerprint density at radius 3 is 2.54 bits per heavy atom. The average molecular weight is 340 g/mol. The Morgan fingerprint density at radius 2 is 1.88 bits per heavy atom. The molecule has 6 nitrogen and oxygen atoms in total. The van der Waals surface area contributed by atoms with Crippen LogP contribution in [0.1, 0.15) is 0 Å². The van der Waals surface area contributed by atoms with Gasteiger partial charge in [-0.05, 0) is 24.3 Å². The van der Waals surface area contributed by atoms with Crippen LogP contribution >= 0.6 is 11.6 Å². The molecule has 0 aliphatic heterocycles. The molecule has 0 saturated heterocycles. The van der Waals surface area contributed by atoms with Crippen molar-refractivity contribution in [3.63, 3.8) is 0 Å². The largest absolute Gasteiger partial charge is 0.461 e.